The minimum atomic E-state index is -4.54. The summed E-state index contributed by atoms with van der Waals surface area (Å²) in [7, 11) is 1.57. The lowest BCUT2D eigenvalue weighted by molar-refractivity contribution is -0.137. The van der Waals surface area contributed by atoms with Crippen molar-refractivity contribution in [1.82, 2.24) is 9.78 Å². The molecule has 21 heavy (non-hydrogen) atoms. The zero-order valence-corrected chi connectivity index (χ0v) is 11.4. The summed E-state index contributed by atoms with van der Waals surface area (Å²) >= 11 is 0. The van der Waals surface area contributed by atoms with Crippen LogP contribution in [0.3, 0.4) is 0 Å². The highest BCUT2D eigenvalue weighted by Crippen LogP contribution is 2.34. The van der Waals surface area contributed by atoms with E-state index in [0.717, 1.165) is 6.07 Å². The second kappa shape index (κ2) is 5.27. The smallest absolute Gasteiger partial charge is 0.394 e. The molecule has 2 aromatic rings. The number of aromatic nitrogens is 2. The maximum Gasteiger partial charge on any atom is 0.416 e. The van der Waals surface area contributed by atoms with E-state index in [1.165, 1.54) is 4.68 Å². The van der Waals surface area contributed by atoms with Crippen molar-refractivity contribution in [2.45, 2.75) is 19.5 Å². The Morgan fingerprint density at radius 3 is 2.52 bits per heavy atom. The van der Waals surface area contributed by atoms with E-state index in [9.17, 15) is 17.6 Å². The second-order valence-electron chi connectivity index (χ2n) is 4.50. The molecule has 0 aliphatic heterocycles. The third kappa shape index (κ3) is 2.93. The van der Waals surface area contributed by atoms with E-state index in [-0.39, 0.29) is 17.2 Å². The molecule has 0 unspecified atom stereocenters. The number of benzene rings is 1. The number of hydrogen-bond donors (Lipinski definition) is 2. The average molecular weight is 302 g/mol. The van der Waals surface area contributed by atoms with Gasteiger partial charge in [-0.2, -0.15) is 18.3 Å². The summed E-state index contributed by atoms with van der Waals surface area (Å²) in [6.45, 7) is 1.84. The molecule has 0 spiro atoms. The summed E-state index contributed by atoms with van der Waals surface area (Å²) in [6, 6.07) is 2.15. The molecule has 1 aromatic carbocycles. The van der Waals surface area contributed by atoms with E-state index >= 15 is 0 Å². The van der Waals surface area contributed by atoms with Gasteiger partial charge >= 0.3 is 6.18 Å². The first-order chi connectivity index (χ1) is 9.74. The SMILES string of the molecule is CCc1nn(C)c(Nc2cc(C(F)(F)F)ccc2F)c1N. The fourth-order valence-corrected chi connectivity index (χ4v) is 1.93. The molecule has 2 rings (SSSR count). The molecule has 0 amide bonds. The van der Waals surface area contributed by atoms with Crippen LogP contribution in [0.25, 0.3) is 0 Å². The lowest BCUT2D eigenvalue weighted by Crippen LogP contribution is -2.08. The molecule has 0 atom stereocenters. The van der Waals surface area contributed by atoms with Crippen LogP contribution < -0.4 is 11.1 Å². The lowest BCUT2D eigenvalue weighted by Gasteiger charge is -2.12. The van der Waals surface area contributed by atoms with E-state index in [2.05, 4.69) is 10.4 Å². The molecule has 8 heteroatoms. The van der Waals surface area contributed by atoms with Gasteiger partial charge in [0.15, 0.2) is 5.82 Å². The Balaban J connectivity index is 2.42. The predicted octanol–water partition coefficient (Wildman–Crippen LogP) is 3.47. The average Bonchev–Trinajstić information content (AvgIpc) is 2.67. The van der Waals surface area contributed by atoms with Gasteiger partial charge in [-0.25, -0.2) is 4.39 Å². The first-order valence-corrected chi connectivity index (χ1v) is 6.19. The standard InChI is InChI=1S/C13H14F4N4/c1-3-9-11(18)12(21(2)20-9)19-10-6-7(13(15,16)17)4-5-8(10)14/h4-6,19H,3,18H2,1-2H3. The minimum Gasteiger partial charge on any atom is -0.394 e. The molecule has 114 valence electrons. The molecule has 0 saturated carbocycles. The zero-order chi connectivity index (χ0) is 15.8. The maximum absolute atomic E-state index is 13.7. The van der Waals surface area contributed by atoms with Crippen LogP contribution in [0, 0.1) is 5.82 Å². The quantitative estimate of drug-likeness (QED) is 0.854. The molecule has 4 nitrogen and oxygen atoms in total. The molecule has 0 aliphatic carbocycles. The van der Waals surface area contributed by atoms with E-state index in [4.69, 9.17) is 5.73 Å². The summed E-state index contributed by atoms with van der Waals surface area (Å²) in [6.07, 6.45) is -3.98. The highest BCUT2D eigenvalue weighted by atomic mass is 19.4. The predicted molar refractivity (Wildman–Crippen MR) is 71.7 cm³/mol. The molecular weight excluding hydrogens is 288 g/mol. The van der Waals surface area contributed by atoms with Gasteiger partial charge in [0.05, 0.1) is 22.6 Å². The van der Waals surface area contributed by atoms with Crippen molar-refractivity contribution >= 4 is 17.2 Å². The fourth-order valence-electron chi connectivity index (χ4n) is 1.93. The van der Waals surface area contributed by atoms with Gasteiger partial charge in [-0.15, -0.1) is 0 Å². The summed E-state index contributed by atoms with van der Waals surface area (Å²) in [5.41, 5.74) is 5.48. The molecule has 3 N–H and O–H groups in total. The minimum absolute atomic E-state index is 0.255. The third-order valence-electron chi connectivity index (χ3n) is 3.04. The zero-order valence-electron chi connectivity index (χ0n) is 11.4. The normalized spacial score (nSPS) is 11.7. The molecule has 0 bridgehead atoms. The van der Waals surface area contributed by atoms with Gasteiger partial charge in [-0.3, -0.25) is 4.68 Å². The molecule has 0 saturated heterocycles. The molecule has 0 radical (unpaired) electrons. The van der Waals surface area contributed by atoms with E-state index < -0.39 is 17.6 Å². The van der Waals surface area contributed by atoms with E-state index in [0.29, 0.717) is 24.2 Å². The Labute approximate surface area is 118 Å². The molecule has 1 heterocycles. The van der Waals surface area contributed by atoms with Crippen LogP contribution >= 0.6 is 0 Å². The number of anilines is 3. The van der Waals surface area contributed by atoms with Crippen LogP contribution in [0.2, 0.25) is 0 Å². The molecule has 0 aliphatic rings. The van der Waals surface area contributed by atoms with Crippen molar-refractivity contribution in [2.24, 2.45) is 7.05 Å². The number of nitrogens with one attached hydrogen (secondary N) is 1. The van der Waals surface area contributed by atoms with Crippen LogP contribution in [0.4, 0.5) is 34.8 Å². The van der Waals surface area contributed by atoms with Gasteiger partial charge in [0, 0.05) is 7.05 Å². The fraction of sp³-hybridized carbons (Fsp3) is 0.308. The Bertz CT molecular complexity index is 661. The lowest BCUT2D eigenvalue weighted by atomic mass is 10.2. The maximum atomic E-state index is 13.7. The third-order valence-corrected chi connectivity index (χ3v) is 3.04. The summed E-state index contributed by atoms with van der Waals surface area (Å²) < 4.78 is 53.1. The van der Waals surface area contributed by atoms with Gasteiger partial charge in [0.2, 0.25) is 0 Å². The summed E-state index contributed by atoms with van der Waals surface area (Å²) in [4.78, 5) is 0. The summed E-state index contributed by atoms with van der Waals surface area (Å²) in [5, 5.41) is 6.69. The Hall–Kier alpha value is -2.25. The largest absolute Gasteiger partial charge is 0.416 e. The topological polar surface area (TPSA) is 55.9 Å². The van der Waals surface area contributed by atoms with Crippen molar-refractivity contribution in [3.05, 3.63) is 35.3 Å². The number of nitrogen functional groups attached to an aromatic ring is 1. The molecule has 0 fully saturated rings. The van der Waals surface area contributed by atoms with Gasteiger partial charge in [-0.05, 0) is 24.6 Å². The molecular formula is C13H14F4N4. The second-order valence-corrected chi connectivity index (χ2v) is 4.50. The van der Waals surface area contributed by atoms with Crippen LogP contribution in [0.15, 0.2) is 18.2 Å². The van der Waals surface area contributed by atoms with Crippen molar-refractivity contribution in [1.29, 1.82) is 0 Å². The first kappa shape index (κ1) is 15.1. The van der Waals surface area contributed by atoms with Crippen LogP contribution in [-0.2, 0) is 19.6 Å². The monoisotopic (exact) mass is 302 g/mol. The number of aryl methyl sites for hydroxylation is 2. The van der Waals surface area contributed by atoms with Crippen molar-refractivity contribution in [2.75, 3.05) is 11.1 Å². The van der Waals surface area contributed by atoms with Crippen LogP contribution in [0.5, 0.6) is 0 Å². The Kier molecular flexibility index (Phi) is 3.80. The van der Waals surface area contributed by atoms with Gasteiger partial charge < -0.3 is 11.1 Å². The van der Waals surface area contributed by atoms with Gasteiger partial charge in [-0.1, -0.05) is 6.92 Å². The number of nitrogens with zero attached hydrogens (tertiary/aromatic N) is 2. The molecule has 1 aromatic heterocycles. The number of rotatable bonds is 3. The first-order valence-electron chi connectivity index (χ1n) is 6.19. The number of hydrogen-bond acceptors (Lipinski definition) is 3. The van der Waals surface area contributed by atoms with Crippen molar-refractivity contribution in [3.8, 4) is 0 Å². The highest BCUT2D eigenvalue weighted by molar-refractivity contribution is 5.71. The van der Waals surface area contributed by atoms with E-state index in [1.54, 1.807) is 7.05 Å². The van der Waals surface area contributed by atoms with Gasteiger partial charge in [0.25, 0.3) is 0 Å². The van der Waals surface area contributed by atoms with Gasteiger partial charge in [0.1, 0.15) is 5.82 Å². The van der Waals surface area contributed by atoms with Crippen LogP contribution in [-0.4, -0.2) is 9.78 Å². The summed E-state index contributed by atoms with van der Waals surface area (Å²) in [5.74, 6) is -0.549. The van der Waals surface area contributed by atoms with Crippen LogP contribution in [0.1, 0.15) is 18.2 Å². The van der Waals surface area contributed by atoms with E-state index in [1.807, 2.05) is 6.92 Å². The number of halogens is 4. The Morgan fingerprint density at radius 1 is 1.33 bits per heavy atom. The van der Waals surface area contributed by atoms with Crippen molar-refractivity contribution in [3.63, 3.8) is 0 Å². The number of alkyl halides is 3. The highest BCUT2D eigenvalue weighted by Gasteiger charge is 2.31. The number of nitrogens with two attached hydrogens (primary N) is 1. The van der Waals surface area contributed by atoms with Crippen molar-refractivity contribution < 1.29 is 17.6 Å². The Morgan fingerprint density at radius 2 is 2.00 bits per heavy atom.